The van der Waals surface area contributed by atoms with Crippen LogP contribution in [-0.2, 0) is 27.4 Å². The van der Waals surface area contributed by atoms with Gasteiger partial charge in [-0.05, 0) is 33.6 Å². The molecule has 0 unspecified atom stereocenters. The first-order chi connectivity index (χ1) is 26.3. The van der Waals surface area contributed by atoms with Crippen LogP contribution in [-0.4, -0.2) is 87.7 Å². The van der Waals surface area contributed by atoms with Crippen molar-refractivity contribution in [2.24, 2.45) is 0 Å². The second kappa shape index (κ2) is 17.2. The van der Waals surface area contributed by atoms with Gasteiger partial charge in [0.25, 0.3) is 0 Å². The summed E-state index contributed by atoms with van der Waals surface area (Å²) in [5.74, 6) is 0.582. The number of aromatic nitrogens is 4. The van der Waals surface area contributed by atoms with E-state index in [-0.39, 0.29) is 42.9 Å². The van der Waals surface area contributed by atoms with Crippen LogP contribution in [0.25, 0.3) is 33.6 Å². The van der Waals surface area contributed by atoms with Gasteiger partial charge in [-0.2, -0.15) is 0 Å². The van der Waals surface area contributed by atoms with E-state index in [4.69, 9.17) is 47.4 Å². The van der Waals surface area contributed by atoms with Crippen LogP contribution in [0.1, 0.15) is 57.8 Å². The fraction of sp³-hybridized carbons (Fsp3) is 0.410. The number of rotatable bonds is 13. The van der Waals surface area contributed by atoms with Gasteiger partial charge >= 0.3 is 6.09 Å². The highest BCUT2D eigenvalue weighted by Crippen LogP contribution is 2.42. The third kappa shape index (κ3) is 9.61. The molecule has 2 fully saturated rings. The Morgan fingerprint density at radius 1 is 0.818 bits per heavy atom. The van der Waals surface area contributed by atoms with E-state index in [2.05, 4.69) is 25.9 Å². The maximum absolute atomic E-state index is 13.3. The molecule has 4 heterocycles. The highest BCUT2D eigenvalue weighted by Gasteiger charge is 2.30. The van der Waals surface area contributed by atoms with Crippen LogP contribution in [0.15, 0.2) is 48.8 Å². The Labute approximate surface area is 329 Å². The van der Waals surface area contributed by atoms with Crippen molar-refractivity contribution < 1.29 is 28.6 Å². The molecule has 3 amide bonds. The Balaban J connectivity index is 1.24. The van der Waals surface area contributed by atoms with Crippen molar-refractivity contribution >= 4 is 41.1 Å². The zero-order chi connectivity index (χ0) is 39.3. The summed E-state index contributed by atoms with van der Waals surface area (Å²) >= 11 is 14.2. The zero-order valence-electron chi connectivity index (χ0n) is 31.4. The lowest BCUT2D eigenvalue weighted by Gasteiger charge is -2.29. The summed E-state index contributed by atoms with van der Waals surface area (Å²) in [6.45, 7) is 6.69. The number of hydrogen-bond acceptors (Lipinski definition) is 11. The maximum Gasteiger partial charge on any atom is 0.410 e. The lowest BCUT2D eigenvalue weighted by Crippen LogP contribution is -2.44. The Morgan fingerprint density at radius 2 is 1.33 bits per heavy atom. The van der Waals surface area contributed by atoms with Crippen molar-refractivity contribution in [3.63, 3.8) is 0 Å². The van der Waals surface area contributed by atoms with Crippen molar-refractivity contribution in [2.45, 2.75) is 77.2 Å². The van der Waals surface area contributed by atoms with Gasteiger partial charge in [-0.25, -0.2) is 14.8 Å². The molecular formula is C39H44Cl2N8O6. The summed E-state index contributed by atoms with van der Waals surface area (Å²) in [6.07, 6.45) is 5.03. The molecular weight excluding hydrogens is 747 g/mol. The summed E-state index contributed by atoms with van der Waals surface area (Å²) in [6, 6.07) is 11.0. The largest absolute Gasteiger partial charge is 0.480 e. The van der Waals surface area contributed by atoms with Gasteiger partial charge in [0.2, 0.25) is 23.6 Å². The van der Waals surface area contributed by atoms with E-state index < -0.39 is 11.7 Å². The Morgan fingerprint density at radius 3 is 1.84 bits per heavy atom. The van der Waals surface area contributed by atoms with Crippen LogP contribution in [0.3, 0.4) is 0 Å². The van der Waals surface area contributed by atoms with Crippen LogP contribution in [0.2, 0.25) is 10.0 Å². The fourth-order valence-corrected chi connectivity index (χ4v) is 7.12. The van der Waals surface area contributed by atoms with Crippen LogP contribution < -0.4 is 25.4 Å². The summed E-state index contributed by atoms with van der Waals surface area (Å²) in [5, 5.41) is 9.98. The highest BCUT2D eigenvalue weighted by atomic mass is 35.5. The van der Waals surface area contributed by atoms with Gasteiger partial charge in [0.15, 0.2) is 0 Å². The lowest BCUT2D eigenvalue weighted by molar-refractivity contribution is -0.120. The molecule has 0 spiro atoms. The number of ether oxygens (including phenoxy) is 3. The third-order valence-electron chi connectivity index (χ3n) is 9.14. The first kappa shape index (κ1) is 39.6. The van der Waals surface area contributed by atoms with Gasteiger partial charge in [-0.1, -0.05) is 59.6 Å². The molecule has 2 saturated heterocycles. The average molecular weight is 792 g/mol. The molecule has 2 atom stereocenters. The number of nitrogens with zero attached hydrogens (tertiary/aromatic N) is 5. The monoisotopic (exact) mass is 790 g/mol. The zero-order valence-corrected chi connectivity index (χ0v) is 32.9. The highest BCUT2D eigenvalue weighted by molar-refractivity contribution is 6.39. The Kier molecular flexibility index (Phi) is 12.4. The normalized spacial score (nSPS) is 16.8. The second-order valence-corrected chi connectivity index (χ2v) is 15.1. The molecule has 0 bridgehead atoms. The van der Waals surface area contributed by atoms with Gasteiger partial charge in [-0.3, -0.25) is 19.6 Å². The van der Waals surface area contributed by atoms with Crippen LogP contribution in [0, 0.1) is 0 Å². The molecule has 6 rings (SSSR count). The summed E-state index contributed by atoms with van der Waals surface area (Å²) in [4.78, 5) is 56.9. The van der Waals surface area contributed by atoms with Crippen LogP contribution >= 0.6 is 23.2 Å². The second-order valence-electron chi connectivity index (χ2n) is 14.4. The van der Waals surface area contributed by atoms with E-state index in [9.17, 15) is 14.4 Å². The van der Waals surface area contributed by atoms with Crippen molar-refractivity contribution in [3.05, 3.63) is 70.2 Å². The number of hydrogen-bond donors (Lipinski definition) is 3. The minimum Gasteiger partial charge on any atom is -0.480 e. The van der Waals surface area contributed by atoms with E-state index in [1.54, 1.807) is 33.2 Å². The van der Waals surface area contributed by atoms with E-state index >= 15 is 0 Å². The molecule has 3 N–H and O–H groups in total. The topological polar surface area (TPSA) is 170 Å². The summed E-state index contributed by atoms with van der Waals surface area (Å²) in [7, 11) is 3.02. The first-order valence-corrected chi connectivity index (χ1v) is 18.7. The molecule has 16 heteroatoms. The molecule has 0 radical (unpaired) electrons. The molecule has 4 aromatic rings. The first-order valence-electron chi connectivity index (χ1n) is 18.0. The molecule has 14 nitrogen and oxygen atoms in total. The Hall–Kier alpha value is -5.05. The molecule has 2 aromatic carbocycles. The van der Waals surface area contributed by atoms with Crippen molar-refractivity contribution in [2.75, 3.05) is 27.3 Å². The number of halogens is 2. The predicted molar refractivity (Wildman–Crippen MR) is 208 cm³/mol. The van der Waals surface area contributed by atoms with Gasteiger partial charge < -0.3 is 35.1 Å². The minimum atomic E-state index is -0.724. The fourth-order valence-electron chi connectivity index (χ4n) is 6.47. The van der Waals surface area contributed by atoms with E-state index in [1.165, 1.54) is 19.1 Å². The standard InChI is InChI=1S/C39H44Cl2N8O6/c1-39(2,3)55-38(52)49(20-23-13-15-33(51)46-23)21-31-37(54-5)48-29(19-44-31)27-11-7-9-25(35(27)41)24-8-6-10-26(34(24)40)28-18-43-30(36(47-28)53-4)17-42-16-22-12-14-32(50)45-22/h6-11,18-19,22-23,42H,12-17,20-21H2,1-5H3,(H,45,50)(H,46,51)/t22-,23-/m0/s1. The maximum atomic E-state index is 13.3. The summed E-state index contributed by atoms with van der Waals surface area (Å²) in [5.41, 5.74) is 3.82. The molecule has 2 aromatic heterocycles. The number of nitrogens with one attached hydrogen (secondary N) is 3. The summed E-state index contributed by atoms with van der Waals surface area (Å²) < 4.78 is 16.9. The quantitative estimate of drug-likeness (QED) is 0.146. The minimum absolute atomic E-state index is 0.0409. The van der Waals surface area contributed by atoms with Crippen molar-refractivity contribution in [1.82, 2.24) is 40.8 Å². The number of carbonyl (C=O) groups excluding carboxylic acids is 3. The van der Waals surface area contributed by atoms with Crippen molar-refractivity contribution in [1.29, 1.82) is 0 Å². The molecule has 55 heavy (non-hydrogen) atoms. The number of benzene rings is 2. The molecule has 0 aliphatic carbocycles. The average Bonchev–Trinajstić information content (AvgIpc) is 3.77. The third-order valence-corrected chi connectivity index (χ3v) is 9.95. The molecule has 0 saturated carbocycles. The number of carbonyl (C=O) groups is 3. The molecule has 2 aliphatic rings. The van der Waals surface area contributed by atoms with E-state index in [0.29, 0.717) is 93.3 Å². The predicted octanol–water partition coefficient (Wildman–Crippen LogP) is 5.98. The Bertz CT molecular complexity index is 2080. The van der Waals surface area contributed by atoms with Gasteiger partial charge in [0, 0.05) is 66.8 Å². The van der Waals surface area contributed by atoms with E-state index in [0.717, 1.165) is 6.42 Å². The molecule has 2 aliphatic heterocycles. The number of methoxy groups -OCH3 is 2. The van der Waals surface area contributed by atoms with Gasteiger partial charge in [0.1, 0.15) is 17.0 Å². The van der Waals surface area contributed by atoms with Crippen LogP contribution in [0.4, 0.5) is 4.79 Å². The van der Waals surface area contributed by atoms with Gasteiger partial charge in [0.05, 0.1) is 54.6 Å². The smallest absolute Gasteiger partial charge is 0.410 e. The van der Waals surface area contributed by atoms with Crippen LogP contribution in [0.5, 0.6) is 11.8 Å². The van der Waals surface area contributed by atoms with Crippen molar-refractivity contribution in [3.8, 4) is 45.4 Å². The number of amides is 3. The van der Waals surface area contributed by atoms with E-state index in [1.807, 2.05) is 36.4 Å². The molecule has 290 valence electrons. The van der Waals surface area contributed by atoms with Gasteiger partial charge in [-0.15, -0.1) is 0 Å². The lowest BCUT2D eigenvalue weighted by atomic mass is 9.98. The SMILES string of the molecule is COc1nc(-c2cccc(-c3cccc(-c4cnc(CN(C[C@@H]5CCC(=O)N5)C(=O)OC(C)(C)C)c(OC)n4)c3Cl)c2Cl)cnc1CNC[C@@H]1CCC(=O)N1.